The van der Waals surface area contributed by atoms with Gasteiger partial charge in [0.1, 0.15) is 0 Å². The highest BCUT2D eigenvalue weighted by Gasteiger charge is 2.26. The monoisotopic (exact) mass is 325 g/mol. The molecule has 0 aliphatic carbocycles. The molecule has 0 spiro atoms. The first-order valence-corrected chi connectivity index (χ1v) is 9.20. The summed E-state index contributed by atoms with van der Waals surface area (Å²) in [5.74, 6) is 1.61. The number of amides is 1. The van der Waals surface area contributed by atoms with Gasteiger partial charge in [-0.25, -0.2) is 8.42 Å². The van der Waals surface area contributed by atoms with Crippen LogP contribution >= 0.6 is 0 Å². The predicted molar refractivity (Wildman–Crippen MR) is 80.4 cm³/mol. The average Bonchev–Trinajstić information content (AvgIpc) is 2.91. The molecule has 1 saturated heterocycles. The lowest BCUT2D eigenvalue weighted by Gasteiger charge is -2.21. The topological polar surface area (TPSA) is 81.7 Å². The van der Waals surface area contributed by atoms with Crippen molar-refractivity contribution in [2.24, 2.45) is 5.92 Å². The van der Waals surface area contributed by atoms with E-state index in [1.165, 1.54) is 0 Å². The molecule has 0 radical (unpaired) electrons. The molecule has 2 heterocycles. The van der Waals surface area contributed by atoms with Crippen molar-refractivity contribution in [1.29, 1.82) is 0 Å². The molecule has 7 heteroatoms. The van der Waals surface area contributed by atoms with Crippen LogP contribution in [0.25, 0.3) is 0 Å². The fourth-order valence-electron chi connectivity index (χ4n) is 2.86. The highest BCUT2D eigenvalue weighted by atomic mass is 32.2. The molecule has 1 unspecified atom stereocenters. The highest BCUT2D eigenvalue weighted by molar-refractivity contribution is 7.91. The molecule has 1 amide bonds. The van der Waals surface area contributed by atoms with Gasteiger partial charge in [-0.05, 0) is 36.5 Å². The van der Waals surface area contributed by atoms with Crippen molar-refractivity contribution < 1.29 is 22.7 Å². The lowest BCUT2D eigenvalue weighted by Crippen LogP contribution is -2.31. The van der Waals surface area contributed by atoms with Crippen LogP contribution < -0.4 is 14.8 Å². The quantitative estimate of drug-likeness (QED) is 0.901. The Kier molecular flexibility index (Phi) is 4.24. The van der Waals surface area contributed by atoms with Crippen LogP contribution in [0.1, 0.15) is 24.8 Å². The molecule has 0 bridgehead atoms. The first-order chi connectivity index (χ1) is 10.5. The molecule has 22 heavy (non-hydrogen) atoms. The number of carbonyl (C=O) groups excluding carboxylic acids is 1. The van der Waals surface area contributed by atoms with Crippen molar-refractivity contribution in [1.82, 2.24) is 5.32 Å². The molecule has 0 aromatic heterocycles. The molecular weight excluding hydrogens is 306 g/mol. The van der Waals surface area contributed by atoms with Gasteiger partial charge in [-0.3, -0.25) is 4.79 Å². The van der Waals surface area contributed by atoms with Crippen molar-refractivity contribution in [3.8, 4) is 11.5 Å². The second-order valence-electron chi connectivity index (χ2n) is 5.79. The second kappa shape index (κ2) is 6.16. The number of ether oxygens (including phenoxy) is 2. The first-order valence-electron chi connectivity index (χ1n) is 7.37. The number of hydrogen-bond donors (Lipinski definition) is 1. The van der Waals surface area contributed by atoms with Crippen molar-refractivity contribution in [2.75, 3.05) is 18.3 Å². The largest absolute Gasteiger partial charge is 0.454 e. The van der Waals surface area contributed by atoms with Crippen LogP contribution in [0.15, 0.2) is 18.2 Å². The summed E-state index contributed by atoms with van der Waals surface area (Å²) >= 11 is 0. The first kappa shape index (κ1) is 15.1. The summed E-state index contributed by atoms with van der Waals surface area (Å²) in [5.41, 5.74) is 0.925. The van der Waals surface area contributed by atoms with E-state index in [1.807, 2.05) is 18.2 Å². The maximum absolute atomic E-state index is 12.0. The van der Waals surface area contributed by atoms with Gasteiger partial charge < -0.3 is 14.8 Å². The number of benzene rings is 1. The van der Waals surface area contributed by atoms with Crippen LogP contribution in [0.3, 0.4) is 0 Å². The average molecular weight is 325 g/mol. The van der Waals surface area contributed by atoms with E-state index in [0.717, 1.165) is 12.0 Å². The molecule has 1 N–H and O–H groups in total. The molecule has 120 valence electrons. The van der Waals surface area contributed by atoms with Crippen LogP contribution in [-0.2, 0) is 21.2 Å². The van der Waals surface area contributed by atoms with Gasteiger partial charge in [0.05, 0.1) is 11.5 Å². The molecule has 0 saturated carbocycles. The molecule has 1 atom stereocenters. The zero-order valence-electron chi connectivity index (χ0n) is 12.2. The van der Waals surface area contributed by atoms with Crippen molar-refractivity contribution in [3.05, 3.63) is 23.8 Å². The molecular formula is C15H19NO5S. The smallest absolute Gasteiger partial charge is 0.231 e. The summed E-state index contributed by atoms with van der Waals surface area (Å²) in [6, 6.07) is 5.53. The van der Waals surface area contributed by atoms with E-state index in [4.69, 9.17) is 9.47 Å². The standard InChI is InChI=1S/C15H19NO5S/c17-15(7-12-2-1-5-22(18,19)9-12)16-8-11-3-4-13-14(6-11)21-10-20-13/h3-4,6,12H,1-2,5,7-10H2,(H,16,17). The zero-order chi connectivity index (χ0) is 15.6. The summed E-state index contributed by atoms with van der Waals surface area (Å²) in [4.78, 5) is 12.0. The Bertz CT molecular complexity index is 671. The van der Waals surface area contributed by atoms with Crippen LogP contribution in [0, 0.1) is 5.92 Å². The van der Waals surface area contributed by atoms with E-state index >= 15 is 0 Å². The van der Waals surface area contributed by atoms with E-state index in [9.17, 15) is 13.2 Å². The molecule has 2 aliphatic rings. The van der Waals surface area contributed by atoms with E-state index in [-0.39, 0.29) is 36.5 Å². The number of fused-ring (bicyclic) bond motifs is 1. The van der Waals surface area contributed by atoms with Crippen molar-refractivity contribution in [2.45, 2.75) is 25.8 Å². The molecule has 1 aromatic carbocycles. The van der Waals surface area contributed by atoms with Gasteiger partial charge in [0.25, 0.3) is 0 Å². The Morgan fingerprint density at radius 1 is 1.27 bits per heavy atom. The molecule has 6 nitrogen and oxygen atoms in total. The van der Waals surface area contributed by atoms with E-state index in [0.29, 0.717) is 24.5 Å². The Labute approximate surface area is 129 Å². The minimum absolute atomic E-state index is 0.0597. The predicted octanol–water partition coefficient (Wildman–Crippen LogP) is 1.25. The summed E-state index contributed by atoms with van der Waals surface area (Å²) in [6.07, 6.45) is 1.73. The SMILES string of the molecule is O=C(CC1CCCS(=O)(=O)C1)NCc1ccc2c(c1)OCO2. The number of nitrogens with one attached hydrogen (secondary N) is 1. The van der Waals surface area contributed by atoms with Crippen LogP contribution in [0.4, 0.5) is 0 Å². The zero-order valence-corrected chi connectivity index (χ0v) is 13.0. The summed E-state index contributed by atoms with van der Waals surface area (Å²) in [7, 11) is -2.96. The summed E-state index contributed by atoms with van der Waals surface area (Å²) < 4.78 is 33.7. The van der Waals surface area contributed by atoms with Crippen molar-refractivity contribution in [3.63, 3.8) is 0 Å². The number of sulfone groups is 1. The van der Waals surface area contributed by atoms with Gasteiger partial charge >= 0.3 is 0 Å². The third-order valence-corrected chi connectivity index (χ3v) is 5.85. The van der Waals surface area contributed by atoms with Gasteiger partial charge in [0.2, 0.25) is 12.7 Å². The van der Waals surface area contributed by atoms with E-state index in [1.54, 1.807) is 0 Å². The van der Waals surface area contributed by atoms with Crippen LogP contribution in [0.2, 0.25) is 0 Å². The van der Waals surface area contributed by atoms with Gasteiger partial charge in [-0.2, -0.15) is 0 Å². The Balaban J connectivity index is 1.50. The third kappa shape index (κ3) is 3.71. The Morgan fingerprint density at radius 3 is 2.91 bits per heavy atom. The van der Waals surface area contributed by atoms with Gasteiger partial charge in [0, 0.05) is 13.0 Å². The fourth-order valence-corrected chi connectivity index (χ4v) is 4.64. The highest BCUT2D eigenvalue weighted by Crippen LogP contribution is 2.32. The molecule has 1 aromatic rings. The Morgan fingerprint density at radius 2 is 2.09 bits per heavy atom. The minimum atomic E-state index is -2.96. The number of carbonyl (C=O) groups is 1. The summed E-state index contributed by atoms with van der Waals surface area (Å²) in [6.45, 7) is 0.621. The molecule has 1 fully saturated rings. The lowest BCUT2D eigenvalue weighted by molar-refractivity contribution is -0.122. The maximum Gasteiger partial charge on any atom is 0.231 e. The maximum atomic E-state index is 12.0. The number of rotatable bonds is 4. The van der Waals surface area contributed by atoms with E-state index < -0.39 is 9.84 Å². The fraction of sp³-hybridized carbons (Fsp3) is 0.533. The molecule has 3 rings (SSSR count). The Hall–Kier alpha value is -1.76. The third-order valence-electron chi connectivity index (χ3n) is 3.96. The van der Waals surface area contributed by atoms with Crippen LogP contribution in [-0.4, -0.2) is 32.6 Å². The summed E-state index contributed by atoms with van der Waals surface area (Å²) in [5, 5.41) is 2.83. The number of hydrogen-bond acceptors (Lipinski definition) is 5. The normalized spacial score (nSPS) is 22.3. The van der Waals surface area contributed by atoms with E-state index in [2.05, 4.69) is 5.32 Å². The van der Waals surface area contributed by atoms with Gasteiger partial charge in [0.15, 0.2) is 21.3 Å². The van der Waals surface area contributed by atoms with Crippen molar-refractivity contribution >= 4 is 15.7 Å². The second-order valence-corrected chi connectivity index (χ2v) is 8.02. The van der Waals surface area contributed by atoms with Gasteiger partial charge in [-0.1, -0.05) is 6.07 Å². The lowest BCUT2D eigenvalue weighted by atomic mass is 10.0. The van der Waals surface area contributed by atoms with Crippen LogP contribution in [0.5, 0.6) is 11.5 Å². The minimum Gasteiger partial charge on any atom is -0.454 e. The molecule has 2 aliphatic heterocycles. The van der Waals surface area contributed by atoms with Gasteiger partial charge in [-0.15, -0.1) is 0 Å².